The maximum absolute atomic E-state index is 12.7. The molecule has 6 nitrogen and oxygen atoms in total. The van der Waals surface area contributed by atoms with Gasteiger partial charge in [0.25, 0.3) is 0 Å². The van der Waals surface area contributed by atoms with E-state index >= 15 is 0 Å². The van der Waals surface area contributed by atoms with Crippen molar-refractivity contribution in [3.8, 4) is 17.2 Å². The molecule has 1 amide bonds. The third-order valence-corrected chi connectivity index (χ3v) is 6.94. The van der Waals surface area contributed by atoms with E-state index in [4.69, 9.17) is 18.6 Å². The highest BCUT2D eigenvalue weighted by Gasteiger charge is 2.31. The Balaban J connectivity index is 1.34. The second kappa shape index (κ2) is 9.38. The first-order chi connectivity index (χ1) is 16.1. The molecule has 174 valence electrons. The van der Waals surface area contributed by atoms with Crippen LogP contribution < -0.4 is 19.5 Å². The number of benzene rings is 2. The van der Waals surface area contributed by atoms with E-state index in [0.717, 1.165) is 47.5 Å². The first-order valence-electron chi connectivity index (χ1n) is 11.8. The summed E-state index contributed by atoms with van der Waals surface area (Å²) in [5.41, 5.74) is 1.90. The van der Waals surface area contributed by atoms with Crippen LogP contribution in [0.15, 0.2) is 46.9 Å². The van der Waals surface area contributed by atoms with Gasteiger partial charge in [-0.3, -0.25) is 4.79 Å². The lowest BCUT2D eigenvalue weighted by molar-refractivity contribution is -0.127. The number of carbonyl (C=O) groups is 1. The molecule has 2 heterocycles. The van der Waals surface area contributed by atoms with Crippen molar-refractivity contribution >= 4 is 16.9 Å². The number of hydrogen-bond acceptors (Lipinski definition) is 5. The number of methoxy groups -OCH3 is 2. The van der Waals surface area contributed by atoms with Crippen LogP contribution in [0.4, 0.5) is 0 Å². The normalized spacial score (nSPS) is 21.2. The predicted octanol–water partition coefficient (Wildman–Crippen LogP) is 5.23. The third kappa shape index (κ3) is 4.52. The van der Waals surface area contributed by atoms with E-state index < -0.39 is 0 Å². The fraction of sp³-hybridized carbons (Fsp3) is 0.444. The van der Waals surface area contributed by atoms with Crippen molar-refractivity contribution < 1.29 is 23.4 Å². The smallest absolute Gasteiger partial charge is 0.223 e. The van der Waals surface area contributed by atoms with Crippen molar-refractivity contribution in [2.45, 2.75) is 50.5 Å². The zero-order valence-corrected chi connectivity index (χ0v) is 19.3. The molecule has 1 N–H and O–H groups in total. The van der Waals surface area contributed by atoms with Gasteiger partial charge in [0.15, 0.2) is 22.8 Å². The van der Waals surface area contributed by atoms with E-state index in [-0.39, 0.29) is 23.8 Å². The molecule has 2 fully saturated rings. The first-order valence-corrected chi connectivity index (χ1v) is 11.8. The number of fused-ring (bicyclic) bond motifs is 1. The molecule has 0 spiro atoms. The summed E-state index contributed by atoms with van der Waals surface area (Å²) < 4.78 is 23.3. The summed E-state index contributed by atoms with van der Waals surface area (Å²) in [6.07, 6.45) is 6.21. The van der Waals surface area contributed by atoms with Gasteiger partial charge in [-0.25, -0.2) is 0 Å². The summed E-state index contributed by atoms with van der Waals surface area (Å²) in [7, 11) is 3.31. The van der Waals surface area contributed by atoms with Gasteiger partial charge in [-0.2, -0.15) is 0 Å². The number of rotatable bonds is 7. The average molecular weight is 450 g/mol. The van der Waals surface area contributed by atoms with Crippen LogP contribution in [0.1, 0.15) is 49.3 Å². The summed E-state index contributed by atoms with van der Waals surface area (Å²) in [5.74, 6) is 3.21. The van der Waals surface area contributed by atoms with Gasteiger partial charge in [-0.05, 0) is 61.9 Å². The number of amides is 1. The highest BCUT2D eigenvalue weighted by Crippen LogP contribution is 2.37. The predicted molar refractivity (Wildman–Crippen MR) is 126 cm³/mol. The Labute approximate surface area is 194 Å². The van der Waals surface area contributed by atoms with Crippen LogP contribution in [0.3, 0.4) is 0 Å². The Hall–Kier alpha value is -3.15. The molecule has 2 aromatic carbocycles. The van der Waals surface area contributed by atoms with Crippen LogP contribution in [0.2, 0.25) is 0 Å². The number of furan rings is 1. The minimum absolute atomic E-state index is 0.0783. The molecule has 0 bridgehead atoms. The number of nitrogens with one attached hydrogen (secondary N) is 1. The summed E-state index contributed by atoms with van der Waals surface area (Å²) in [5, 5.41) is 4.09. The number of piperidine rings is 1. The first kappa shape index (κ1) is 21.7. The van der Waals surface area contributed by atoms with Crippen molar-refractivity contribution in [1.29, 1.82) is 0 Å². The van der Waals surface area contributed by atoms with E-state index in [1.807, 2.05) is 30.3 Å². The van der Waals surface area contributed by atoms with Crippen molar-refractivity contribution in [3.05, 3.63) is 53.8 Å². The highest BCUT2D eigenvalue weighted by atomic mass is 16.5. The molecule has 1 aromatic heterocycles. The van der Waals surface area contributed by atoms with Crippen LogP contribution in [-0.2, 0) is 11.2 Å². The second-order valence-corrected chi connectivity index (χ2v) is 9.10. The molecule has 33 heavy (non-hydrogen) atoms. The largest absolute Gasteiger partial charge is 0.493 e. The Morgan fingerprint density at radius 1 is 1.00 bits per heavy atom. The number of hydrogen-bond donors (Lipinski definition) is 1. The lowest BCUT2D eigenvalue weighted by Gasteiger charge is -2.29. The molecule has 6 heteroatoms. The lowest BCUT2D eigenvalue weighted by Crippen LogP contribution is -2.41. The molecular formula is C27H31NO5. The van der Waals surface area contributed by atoms with Crippen LogP contribution >= 0.6 is 0 Å². The Bertz CT molecular complexity index is 1130. The maximum atomic E-state index is 12.7. The van der Waals surface area contributed by atoms with Crippen molar-refractivity contribution in [1.82, 2.24) is 5.32 Å². The fourth-order valence-electron chi connectivity index (χ4n) is 5.15. The Morgan fingerprint density at radius 2 is 1.82 bits per heavy atom. The van der Waals surface area contributed by atoms with Crippen LogP contribution in [0.5, 0.6) is 17.2 Å². The van der Waals surface area contributed by atoms with Gasteiger partial charge < -0.3 is 23.9 Å². The van der Waals surface area contributed by atoms with Gasteiger partial charge in [0.1, 0.15) is 5.76 Å². The summed E-state index contributed by atoms with van der Waals surface area (Å²) >= 11 is 0. The van der Waals surface area contributed by atoms with E-state index in [0.29, 0.717) is 18.7 Å². The fourth-order valence-corrected chi connectivity index (χ4v) is 5.15. The molecule has 2 atom stereocenters. The quantitative estimate of drug-likeness (QED) is 0.535. The van der Waals surface area contributed by atoms with Crippen LogP contribution in [0, 0.1) is 5.92 Å². The van der Waals surface area contributed by atoms with Crippen LogP contribution in [-0.4, -0.2) is 32.8 Å². The van der Waals surface area contributed by atoms with Gasteiger partial charge in [0.2, 0.25) is 5.91 Å². The van der Waals surface area contributed by atoms with Gasteiger partial charge in [-0.1, -0.05) is 18.2 Å². The van der Waals surface area contributed by atoms with Gasteiger partial charge in [-0.15, -0.1) is 0 Å². The standard InChI is InChI=1S/C27H31NO5/c1-30-23-11-10-17(15-25(23)32-21-7-3-4-8-21)20-12-19(27(29)28-16-20)14-22-13-18-6-5-9-24(31-2)26(18)33-22/h5-6,9-11,13,15,19-21H,3-4,7-8,12,14,16H2,1-2H3,(H,28,29)/t19-,20-/m1/s1. The van der Waals surface area contributed by atoms with E-state index in [1.165, 1.54) is 18.4 Å². The molecule has 0 radical (unpaired) electrons. The summed E-state index contributed by atoms with van der Waals surface area (Å²) in [6, 6.07) is 14.0. The zero-order chi connectivity index (χ0) is 22.8. The zero-order valence-electron chi connectivity index (χ0n) is 19.3. The molecule has 3 aromatic rings. The molecule has 1 saturated heterocycles. The van der Waals surface area contributed by atoms with Gasteiger partial charge in [0.05, 0.1) is 20.3 Å². The highest BCUT2D eigenvalue weighted by molar-refractivity contribution is 5.84. The maximum Gasteiger partial charge on any atom is 0.223 e. The molecule has 1 saturated carbocycles. The molecule has 0 unspecified atom stereocenters. The molecule has 5 rings (SSSR count). The minimum atomic E-state index is -0.156. The van der Waals surface area contributed by atoms with E-state index in [1.54, 1.807) is 14.2 Å². The number of carbonyl (C=O) groups excluding carboxylic acids is 1. The molecule has 1 aliphatic carbocycles. The average Bonchev–Trinajstić information content (AvgIpc) is 3.49. The van der Waals surface area contributed by atoms with Gasteiger partial charge in [0, 0.05) is 30.2 Å². The lowest BCUT2D eigenvalue weighted by atomic mass is 9.83. The topological polar surface area (TPSA) is 69.9 Å². The van der Waals surface area contributed by atoms with Crippen molar-refractivity contribution in [2.24, 2.45) is 5.92 Å². The SMILES string of the molecule is COc1ccc([C@H]2CNC(=O)[C@@H](Cc3cc4cccc(OC)c4o3)C2)cc1OC1CCCC1. The number of para-hydroxylation sites is 1. The van der Waals surface area contributed by atoms with Crippen molar-refractivity contribution in [3.63, 3.8) is 0 Å². The molecular weight excluding hydrogens is 418 g/mol. The number of ether oxygens (including phenoxy) is 3. The minimum Gasteiger partial charge on any atom is -0.493 e. The van der Waals surface area contributed by atoms with Crippen molar-refractivity contribution in [2.75, 3.05) is 20.8 Å². The molecule has 2 aliphatic rings. The third-order valence-electron chi connectivity index (χ3n) is 6.94. The van der Waals surface area contributed by atoms with Crippen LogP contribution in [0.25, 0.3) is 11.0 Å². The van der Waals surface area contributed by atoms with Gasteiger partial charge >= 0.3 is 0 Å². The second-order valence-electron chi connectivity index (χ2n) is 9.10. The summed E-state index contributed by atoms with van der Waals surface area (Å²) in [4.78, 5) is 12.7. The Morgan fingerprint density at radius 3 is 2.61 bits per heavy atom. The molecule has 1 aliphatic heterocycles. The van der Waals surface area contributed by atoms with E-state index in [2.05, 4.69) is 17.4 Å². The van der Waals surface area contributed by atoms with E-state index in [9.17, 15) is 4.79 Å². The summed E-state index contributed by atoms with van der Waals surface area (Å²) in [6.45, 7) is 0.623. The monoisotopic (exact) mass is 449 g/mol. The Kier molecular flexibility index (Phi) is 6.16.